The molecule has 0 aromatic heterocycles. The fraction of sp³-hybridized carbons (Fsp3) is 1.00. The average molecular weight is 238 g/mol. The van der Waals surface area contributed by atoms with Gasteiger partial charge in [0, 0.05) is 25.2 Å². The van der Waals surface area contributed by atoms with Gasteiger partial charge < -0.3 is 10.1 Å². The van der Waals surface area contributed by atoms with E-state index >= 15 is 0 Å². The summed E-state index contributed by atoms with van der Waals surface area (Å²) in [5.41, 5.74) is 0. The summed E-state index contributed by atoms with van der Waals surface area (Å²) >= 11 is 0. The lowest BCUT2D eigenvalue weighted by Gasteiger charge is -2.36. The maximum atomic E-state index is 5.98. The summed E-state index contributed by atoms with van der Waals surface area (Å²) in [6.07, 6.45) is 7.28. The molecule has 0 aromatic carbocycles. The van der Waals surface area contributed by atoms with Gasteiger partial charge in [0.2, 0.25) is 0 Å². The lowest BCUT2D eigenvalue weighted by Crippen LogP contribution is -2.50. The van der Waals surface area contributed by atoms with Crippen LogP contribution in [0.15, 0.2) is 0 Å². The fourth-order valence-electron chi connectivity index (χ4n) is 3.43. The number of hydrogen-bond donors (Lipinski definition) is 1. The summed E-state index contributed by atoms with van der Waals surface area (Å²) in [5, 5.41) is 3.73. The number of fused-ring (bicyclic) bond motifs is 1. The van der Waals surface area contributed by atoms with E-state index in [4.69, 9.17) is 4.74 Å². The van der Waals surface area contributed by atoms with Crippen LogP contribution in [-0.2, 0) is 4.74 Å². The number of ether oxygens (including phenoxy) is 1. The van der Waals surface area contributed by atoms with Crippen LogP contribution in [0, 0.1) is 5.92 Å². The maximum absolute atomic E-state index is 5.98. The third-order valence-electron chi connectivity index (χ3n) is 4.70. The molecule has 98 valence electrons. The SMILES string of the molecule is CCC(NCC1CN2CCCC2CO1)C1CC1. The van der Waals surface area contributed by atoms with E-state index in [9.17, 15) is 0 Å². The summed E-state index contributed by atoms with van der Waals surface area (Å²) in [5.74, 6) is 0.961. The minimum atomic E-state index is 0.428. The highest BCUT2D eigenvalue weighted by Gasteiger charge is 2.34. The zero-order valence-electron chi connectivity index (χ0n) is 11.0. The molecule has 2 saturated heterocycles. The molecule has 3 atom stereocenters. The van der Waals surface area contributed by atoms with Crippen molar-refractivity contribution in [2.75, 3.05) is 26.2 Å². The molecule has 3 unspecified atom stereocenters. The Labute approximate surface area is 105 Å². The highest BCUT2D eigenvalue weighted by atomic mass is 16.5. The second kappa shape index (κ2) is 5.25. The second-order valence-corrected chi connectivity index (χ2v) is 6.01. The Morgan fingerprint density at radius 1 is 1.35 bits per heavy atom. The highest BCUT2D eigenvalue weighted by molar-refractivity contribution is 4.89. The number of hydrogen-bond acceptors (Lipinski definition) is 3. The first-order chi connectivity index (χ1) is 8.36. The van der Waals surface area contributed by atoms with Crippen molar-refractivity contribution in [2.24, 2.45) is 5.92 Å². The van der Waals surface area contributed by atoms with Gasteiger partial charge in [-0.2, -0.15) is 0 Å². The van der Waals surface area contributed by atoms with Crippen molar-refractivity contribution in [1.82, 2.24) is 10.2 Å². The van der Waals surface area contributed by atoms with Crippen molar-refractivity contribution in [3.05, 3.63) is 0 Å². The van der Waals surface area contributed by atoms with Gasteiger partial charge >= 0.3 is 0 Å². The first-order valence-corrected chi connectivity index (χ1v) is 7.46. The maximum Gasteiger partial charge on any atom is 0.0827 e. The van der Waals surface area contributed by atoms with E-state index in [0.29, 0.717) is 6.10 Å². The monoisotopic (exact) mass is 238 g/mol. The van der Waals surface area contributed by atoms with Crippen molar-refractivity contribution in [3.8, 4) is 0 Å². The Balaban J connectivity index is 1.42. The van der Waals surface area contributed by atoms with Gasteiger partial charge in [0.05, 0.1) is 12.7 Å². The molecule has 0 amide bonds. The molecule has 3 heteroatoms. The van der Waals surface area contributed by atoms with Crippen LogP contribution in [0.5, 0.6) is 0 Å². The van der Waals surface area contributed by atoms with Crippen molar-refractivity contribution in [1.29, 1.82) is 0 Å². The van der Waals surface area contributed by atoms with Crippen LogP contribution in [0.4, 0.5) is 0 Å². The molecular formula is C14H26N2O. The number of rotatable bonds is 5. The summed E-state index contributed by atoms with van der Waals surface area (Å²) in [6.45, 7) is 6.77. The number of morpholine rings is 1. The molecule has 3 fully saturated rings. The van der Waals surface area contributed by atoms with Gasteiger partial charge in [-0.25, -0.2) is 0 Å². The number of nitrogens with one attached hydrogen (secondary N) is 1. The summed E-state index contributed by atoms with van der Waals surface area (Å²) in [7, 11) is 0. The second-order valence-electron chi connectivity index (χ2n) is 6.01. The number of nitrogens with zero attached hydrogens (tertiary/aromatic N) is 1. The molecule has 3 aliphatic rings. The molecule has 1 N–H and O–H groups in total. The largest absolute Gasteiger partial charge is 0.374 e. The average Bonchev–Trinajstić information content (AvgIpc) is 3.08. The molecule has 2 aliphatic heterocycles. The van der Waals surface area contributed by atoms with Crippen LogP contribution in [-0.4, -0.2) is 49.3 Å². The van der Waals surface area contributed by atoms with E-state index in [0.717, 1.165) is 37.7 Å². The first kappa shape index (κ1) is 11.9. The van der Waals surface area contributed by atoms with Gasteiger partial charge in [-0.05, 0) is 44.6 Å². The molecular weight excluding hydrogens is 212 g/mol. The molecule has 1 aliphatic carbocycles. The van der Waals surface area contributed by atoms with Gasteiger partial charge in [-0.3, -0.25) is 4.90 Å². The van der Waals surface area contributed by atoms with Gasteiger partial charge in [0.1, 0.15) is 0 Å². The van der Waals surface area contributed by atoms with Crippen LogP contribution in [0.2, 0.25) is 0 Å². The van der Waals surface area contributed by atoms with Crippen LogP contribution in [0.25, 0.3) is 0 Å². The van der Waals surface area contributed by atoms with Crippen molar-refractivity contribution >= 4 is 0 Å². The van der Waals surface area contributed by atoms with Crippen LogP contribution >= 0.6 is 0 Å². The van der Waals surface area contributed by atoms with E-state index in [-0.39, 0.29) is 0 Å². The lowest BCUT2D eigenvalue weighted by atomic mass is 10.1. The predicted octanol–water partition coefficient (Wildman–Crippen LogP) is 1.63. The fourth-order valence-corrected chi connectivity index (χ4v) is 3.43. The Hall–Kier alpha value is -0.120. The van der Waals surface area contributed by atoms with Gasteiger partial charge in [-0.1, -0.05) is 6.92 Å². The normalized spacial score (nSPS) is 35.8. The Kier molecular flexibility index (Phi) is 3.69. The van der Waals surface area contributed by atoms with Gasteiger partial charge in [0.15, 0.2) is 0 Å². The summed E-state index contributed by atoms with van der Waals surface area (Å²) in [6, 6.07) is 1.48. The van der Waals surface area contributed by atoms with Crippen molar-refractivity contribution in [2.45, 2.75) is 57.2 Å². The van der Waals surface area contributed by atoms with Crippen LogP contribution < -0.4 is 5.32 Å². The van der Waals surface area contributed by atoms with E-state index in [1.165, 1.54) is 38.6 Å². The topological polar surface area (TPSA) is 24.5 Å². The minimum Gasteiger partial charge on any atom is -0.374 e. The van der Waals surface area contributed by atoms with Gasteiger partial charge in [0.25, 0.3) is 0 Å². The van der Waals surface area contributed by atoms with Crippen molar-refractivity contribution < 1.29 is 4.74 Å². The molecule has 2 heterocycles. The third kappa shape index (κ3) is 2.83. The minimum absolute atomic E-state index is 0.428. The van der Waals surface area contributed by atoms with Crippen LogP contribution in [0.1, 0.15) is 39.0 Å². The molecule has 0 bridgehead atoms. The van der Waals surface area contributed by atoms with E-state index < -0.39 is 0 Å². The molecule has 17 heavy (non-hydrogen) atoms. The summed E-state index contributed by atoms with van der Waals surface area (Å²) in [4.78, 5) is 2.63. The highest BCUT2D eigenvalue weighted by Crippen LogP contribution is 2.34. The third-order valence-corrected chi connectivity index (χ3v) is 4.70. The summed E-state index contributed by atoms with van der Waals surface area (Å²) < 4.78 is 5.98. The standard InChI is InChI=1S/C14H26N2O/c1-2-14(11-5-6-11)15-8-13-9-16-7-3-4-12(16)10-17-13/h11-15H,2-10H2,1H3. The smallest absolute Gasteiger partial charge is 0.0827 e. The predicted molar refractivity (Wildman–Crippen MR) is 69.1 cm³/mol. The Morgan fingerprint density at radius 3 is 3.00 bits per heavy atom. The van der Waals surface area contributed by atoms with E-state index in [1.807, 2.05) is 0 Å². The Morgan fingerprint density at radius 2 is 2.24 bits per heavy atom. The lowest BCUT2D eigenvalue weighted by molar-refractivity contribution is -0.0481. The zero-order valence-corrected chi connectivity index (χ0v) is 11.0. The zero-order chi connectivity index (χ0) is 11.7. The molecule has 3 rings (SSSR count). The van der Waals surface area contributed by atoms with E-state index in [1.54, 1.807) is 0 Å². The molecule has 1 saturated carbocycles. The first-order valence-electron chi connectivity index (χ1n) is 7.46. The quantitative estimate of drug-likeness (QED) is 0.788. The Bertz CT molecular complexity index is 255. The molecule has 3 nitrogen and oxygen atoms in total. The molecule has 0 aromatic rings. The molecule has 0 radical (unpaired) electrons. The molecule has 0 spiro atoms. The van der Waals surface area contributed by atoms with E-state index in [2.05, 4.69) is 17.1 Å². The van der Waals surface area contributed by atoms with Crippen LogP contribution in [0.3, 0.4) is 0 Å². The van der Waals surface area contributed by atoms with Crippen molar-refractivity contribution in [3.63, 3.8) is 0 Å². The van der Waals surface area contributed by atoms with Gasteiger partial charge in [-0.15, -0.1) is 0 Å².